The number of carbonyl (C=O) groups excluding carboxylic acids is 2. The summed E-state index contributed by atoms with van der Waals surface area (Å²) in [7, 11) is 1.68. The van der Waals surface area contributed by atoms with Gasteiger partial charge in [0.2, 0.25) is 11.8 Å². The number of amides is 2. The number of morpholine rings is 1. The third-order valence-corrected chi connectivity index (χ3v) is 3.54. The van der Waals surface area contributed by atoms with Crippen LogP contribution in [0.15, 0.2) is 0 Å². The number of nitrogens with zero attached hydrogens (tertiary/aromatic N) is 2. The molecule has 106 valence electrons. The molecule has 2 fully saturated rings. The second-order valence-electron chi connectivity index (χ2n) is 5.05. The zero-order chi connectivity index (χ0) is 14.0. The van der Waals surface area contributed by atoms with E-state index in [9.17, 15) is 14.4 Å². The van der Waals surface area contributed by atoms with Crippen LogP contribution in [0, 0.1) is 5.92 Å². The van der Waals surface area contributed by atoms with Crippen molar-refractivity contribution in [1.29, 1.82) is 0 Å². The molecule has 2 rings (SSSR count). The molecule has 0 unspecified atom stereocenters. The monoisotopic (exact) mass is 270 g/mol. The molecule has 1 N–H and O–H groups in total. The van der Waals surface area contributed by atoms with Crippen molar-refractivity contribution in [1.82, 2.24) is 9.80 Å². The quantitative estimate of drug-likeness (QED) is 0.723. The van der Waals surface area contributed by atoms with Crippen molar-refractivity contribution in [3.63, 3.8) is 0 Å². The number of aliphatic carboxylic acids is 1. The van der Waals surface area contributed by atoms with Crippen molar-refractivity contribution < 1.29 is 24.2 Å². The van der Waals surface area contributed by atoms with Gasteiger partial charge >= 0.3 is 5.97 Å². The van der Waals surface area contributed by atoms with Crippen molar-refractivity contribution in [3.8, 4) is 0 Å². The second-order valence-corrected chi connectivity index (χ2v) is 5.05. The van der Waals surface area contributed by atoms with E-state index in [2.05, 4.69) is 0 Å². The predicted octanol–water partition coefficient (Wildman–Crippen LogP) is -0.833. The van der Waals surface area contributed by atoms with Gasteiger partial charge in [-0.25, -0.2) is 0 Å². The molecule has 0 saturated carbocycles. The lowest BCUT2D eigenvalue weighted by molar-refractivity contribution is -0.149. The molecule has 2 heterocycles. The van der Waals surface area contributed by atoms with Crippen LogP contribution < -0.4 is 0 Å². The molecular weight excluding hydrogens is 252 g/mol. The zero-order valence-corrected chi connectivity index (χ0v) is 10.9. The van der Waals surface area contributed by atoms with Gasteiger partial charge in [-0.15, -0.1) is 0 Å². The maximum Gasteiger partial charge on any atom is 0.306 e. The fraction of sp³-hybridized carbons (Fsp3) is 0.750. The topological polar surface area (TPSA) is 87.2 Å². The Hall–Kier alpha value is -1.63. The third kappa shape index (κ3) is 3.23. The minimum absolute atomic E-state index is 0.0197. The van der Waals surface area contributed by atoms with E-state index in [0.29, 0.717) is 26.2 Å². The van der Waals surface area contributed by atoms with E-state index in [4.69, 9.17) is 9.84 Å². The Bertz CT molecular complexity index is 398. The van der Waals surface area contributed by atoms with Crippen LogP contribution in [-0.2, 0) is 19.1 Å². The highest BCUT2D eigenvalue weighted by Gasteiger charge is 2.36. The SMILES string of the molecule is CN1C[C@@H](C(=O)N2CCO[C@@H](CC(=O)O)C2)CC1=O. The summed E-state index contributed by atoms with van der Waals surface area (Å²) >= 11 is 0. The fourth-order valence-corrected chi connectivity index (χ4v) is 2.52. The number of carboxylic acid groups (broad SMARTS) is 1. The van der Waals surface area contributed by atoms with Gasteiger partial charge in [0, 0.05) is 33.1 Å². The van der Waals surface area contributed by atoms with Gasteiger partial charge in [-0.1, -0.05) is 0 Å². The first-order valence-electron chi connectivity index (χ1n) is 6.33. The molecule has 7 heteroatoms. The number of carboxylic acids is 1. The number of carbonyl (C=O) groups is 3. The minimum atomic E-state index is -0.935. The van der Waals surface area contributed by atoms with Gasteiger partial charge < -0.3 is 19.6 Å². The van der Waals surface area contributed by atoms with Gasteiger partial charge in [0.1, 0.15) is 0 Å². The molecule has 0 aromatic rings. The Balaban J connectivity index is 1.92. The van der Waals surface area contributed by atoms with Gasteiger partial charge in [-0.2, -0.15) is 0 Å². The Morgan fingerprint density at radius 1 is 1.42 bits per heavy atom. The summed E-state index contributed by atoms with van der Waals surface area (Å²) in [4.78, 5) is 37.5. The van der Waals surface area contributed by atoms with E-state index >= 15 is 0 Å². The first-order valence-corrected chi connectivity index (χ1v) is 6.33. The first kappa shape index (κ1) is 13.8. The highest BCUT2D eigenvalue weighted by Crippen LogP contribution is 2.20. The molecule has 7 nitrogen and oxygen atoms in total. The fourth-order valence-electron chi connectivity index (χ4n) is 2.52. The number of ether oxygens (including phenoxy) is 1. The summed E-state index contributed by atoms with van der Waals surface area (Å²) in [5, 5.41) is 8.74. The third-order valence-electron chi connectivity index (χ3n) is 3.54. The van der Waals surface area contributed by atoms with Gasteiger partial charge in [0.25, 0.3) is 0 Å². The molecule has 2 atom stereocenters. The van der Waals surface area contributed by atoms with Crippen molar-refractivity contribution in [2.24, 2.45) is 5.92 Å². The summed E-state index contributed by atoms with van der Waals surface area (Å²) in [6, 6.07) is 0. The molecule has 0 aliphatic carbocycles. The molecule has 0 spiro atoms. The standard InChI is InChI=1S/C12H18N2O5/c1-13-6-8(4-10(13)15)12(18)14-2-3-19-9(7-14)5-11(16)17/h8-9H,2-7H2,1H3,(H,16,17)/t8-,9-/m0/s1. The molecule has 2 amide bonds. The Labute approximate surface area is 111 Å². The second kappa shape index (κ2) is 5.56. The van der Waals surface area contributed by atoms with E-state index in [1.54, 1.807) is 16.8 Å². The summed E-state index contributed by atoms with van der Waals surface area (Å²) in [6.07, 6.45) is -0.311. The molecule has 19 heavy (non-hydrogen) atoms. The van der Waals surface area contributed by atoms with E-state index in [0.717, 1.165) is 0 Å². The summed E-state index contributed by atoms with van der Waals surface area (Å²) in [5.74, 6) is -1.33. The van der Waals surface area contributed by atoms with Crippen LogP contribution in [0.25, 0.3) is 0 Å². The maximum atomic E-state index is 12.3. The molecule has 0 aromatic carbocycles. The molecule has 2 aliphatic heterocycles. The van der Waals surface area contributed by atoms with E-state index in [-0.39, 0.29) is 30.6 Å². The van der Waals surface area contributed by atoms with Gasteiger partial charge in [-0.05, 0) is 0 Å². The van der Waals surface area contributed by atoms with Crippen LogP contribution in [0.3, 0.4) is 0 Å². The highest BCUT2D eigenvalue weighted by molar-refractivity contribution is 5.89. The number of hydrogen-bond acceptors (Lipinski definition) is 4. The zero-order valence-electron chi connectivity index (χ0n) is 10.9. The molecule has 0 aromatic heterocycles. The average molecular weight is 270 g/mol. The van der Waals surface area contributed by atoms with E-state index in [1.165, 1.54) is 0 Å². The lowest BCUT2D eigenvalue weighted by Crippen LogP contribution is -2.48. The highest BCUT2D eigenvalue weighted by atomic mass is 16.5. The minimum Gasteiger partial charge on any atom is -0.481 e. The molecular formula is C12H18N2O5. The van der Waals surface area contributed by atoms with Gasteiger partial charge in [0.15, 0.2) is 0 Å². The Morgan fingerprint density at radius 3 is 2.74 bits per heavy atom. The van der Waals surface area contributed by atoms with Crippen LogP contribution in [-0.4, -0.2) is 72.1 Å². The van der Waals surface area contributed by atoms with E-state index < -0.39 is 12.1 Å². The summed E-state index contributed by atoms with van der Waals surface area (Å²) in [5.41, 5.74) is 0. The lowest BCUT2D eigenvalue weighted by atomic mass is 10.1. The normalized spacial score (nSPS) is 27.7. The van der Waals surface area contributed by atoms with Crippen LogP contribution in [0.2, 0.25) is 0 Å². The Morgan fingerprint density at radius 2 is 2.16 bits per heavy atom. The summed E-state index contributed by atoms with van der Waals surface area (Å²) < 4.78 is 5.32. The van der Waals surface area contributed by atoms with Crippen molar-refractivity contribution >= 4 is 17.8 Å². The molecule has 2 saturated heterocycles. The summed E-state index contributed by atoms with van der Waals surface area (Å²) in [6.45, 7) is 1.54. The number of hydrogen-bond donors (Lipinski definition) is 1. The maximum absolute atomic E-state index is 12.3. The van der Waals surface area contributed by atoms with Gasteiger partial charge in [0.05, 0.1) is 25.0 Å². The predicted molar refractivity (Wildman–Crippen MR) is 64.3 cm³/mol. The molecule has 0 bridgehead atoms. The van der Waals surface area contributed by atoms with Crippen molar-refractivity contribution in [2.75, 3.05) is 33.3 Å². The molecule has 2 aliphatic rings. The van der Waals surface area contributed by atoms with Crippen molar-refractivity contribution in [2.45, 2.75) is 18.9 Å². The van der Waals surface area contributed by atoms with Crippen LogP contribution in [0.1, 0.15) is 12.8 Å². The lowest BCUT2D eigenvalue weighted by Gasteiger charge is -2.33. The Kier molecular flexibility index (Phi) is 4.04. The van der Waals surface area contributed by atoms with Gasteiger partial charge in [-0.3, -0.25) is 14.4 Å². The number of rotatable bonds is 3. The first-order chi connectivity index (χ1) is 8.97. The number of likely N-dealkylation sites (tertiary alicyclic amines) is 1. The average Bonchev–Trinajstić information content (AvgIpc) is 2.68. The van der Waals surface area contributed by atoms with Crippen LogP contribution in [0.4, 0.5) is 0 Å². The van der Waals surface area contributed by atoms with E-state index in [1.807, 2.05) is 0 Å². The van der Waals surface area contributed by atoms with Crippen LogP contribution >= 0.6 is 0 Å². The largest absolute Gasteiger partial charge is 0.481 e. The van der Waals surface area contributed by atoms with Crippen molar-refractivity contribution in [3.05, 3.63) is 0 Å². The molecule has 0 radical (unpaired) electrons. The van der Waals surface area contributed by atoms with Crippen LogP contribution in [0.5, 0.6) is 0 Å². The smallest absolute Gasteiger partial charge is 0.306 e.